The first-order valence-electron chi connectivity index (χ1n) is 4.28. The zero-order valence-corrected chi connectivity index (χ0v) is 10.1. The van der Waals surface area contributed by atoms with Crippen LogP contribution in [0.2, 0.25) is 0 Å². The lowest BCUT2D eigenvalue weighted by Crippen LogP contribution is -1.87. The maximum Gasteiger partial charge on any atom is 0.147 e. The molecule has 3 heteroatoms. The highest BCUT2D eigenvalue weighted by Gasteiger charge is 2.04. The fraction of sp³-hybridized carbons (Fsp3) is 0.182. The van der Waals surface area contributed by atoms with E-state index in [1.165, 1.54) is 0 Å². The van der Waals surface area contributed by atoms with Gasteiger partial charge in [0.25, 0.3) is 0 Å². The van der Waals surface area contributed by atoms with Crippen LogP contribution >= 0.6 is 27.5 Å². The quantitative estimate of drug-likeness (QED) is 0.601. The van der Waals surface area contributed by atoms with E-state index in [1.807, 2.05) is 31.2 Å². The van der Waals surface area contributed by atoms with Crippen LogP contribution in [0.25, 0.3) is 5.03 Å². The van der Waals surface area contributed by atoms with Gasteiger partial charge in [0, 0.05) is 10.0 Å². The van der Waals surface area contributed by atoms with Crippen molar-refractivity contribution >= 4 is 38.8 Å². The Balaban J connectivity index is 3.10. The van der Waals surface area contributed by atoms with E-state index in [4.69, 9.17) is 11.6 Å². The summed E-state index contributed by atoms with van der Waals surface area (Å²) >= 11 is 9.39. The van der Waals surface area contributed by atoms with Crippen LogP contribution in [0.1, 0.15) is 18.9 Å². The van der Waals surface area contributed by atoms with Crippen LogP contribution in [-0.2, 0) is 4.79 Å². The van der Waals surface area contributed by atoms with E-state index in [0.29, 0.717) is 17.0 Å². The van der Waals surface area contributed by atoms with Crippen molar-refractivity contribution in [3.8, 4) is 0 Å². The van der Waals surface area contributed by atoms with Gasteiger partial charge in [-0.1, -0.05) is 46.6 Å². The van der Waals surface area contributed by atoms with E-state index in [0.717, 1.165) is 16.3 Å². The van der Waals surface area contributed by atoms with Crippen LogP contribution in [0.3, 0.4) is 0 Å². The Kier molecular flexibility index (Phi) is 4.36. The first-order chi connectivity index (χ1) is 6.69. The highest BCUT2D eigenvalue weighted by Crippen LogP contribution is 2.25. The Bertz CT molecular complexity index is 354. The van der Waals surface area contributed by atoms with E-state index in [-0.39, 0.29) is 0 Å². The molecule has 1 rings (SSSR count). The minimum absolute atomic E-state index is 0.537. The first kappa shape index (κ1) is 11.5. The van der Waals surface area contributed by atoms with Crippen molar-refractivity contribution in [1.82, 2.24) is 0 Å². The third kappa shape index (κ3) is 2.69. The molecule has 0 saturated heterocycles. The van der Waals surface area contributed by atoms with Crippen LogP contribution in [0.15, 0.2) is 34.3 Å². The zero-order chi connectivity index (χ0) is 10.6. The van der Waals surface area contributed by atoms with Crippen molar-refractivity contribution in [1.29, 1.82) is 0 Å². The molecule has 14 heavy (non-hydrogen) atoms. The fourth-order valence-electron chi connectivity index (χ4n) is 1.07. The average molecular weight is 274 g/mol. The standard InChI is InChI=1S/C11H10BrClO/c1-2-8(7-14)11(13)9-3-5-10(12)6-4-9/h3-7H,2H2,1H3/b11-8+. The number of hydrogen-bond acceptors (Lipinski definition) is 1. The first-order valence-corrected chi connectivity index (χ1v) is 5.46. The van der Waals surface area contributed by atoms with Crippen molar-refractivity contribution in [2.45, 2.75) is 13.3 Å². The third-order valence-corrected chi connectivity index (χ3v) is 2.89. The molecule has 1 aromatic carbocycles. The van der Waals surface area contributed by atoms with E-state index in [9.17, 15) is 4.79 Å². The maximum atomic E-state index is 10.7. The van der Waals surface area contributed by atoms with Crippen molar-refractivity contribution in [2.75, 3.05) is 0 Å². The lowest BCUT2D eigenvalue weighted by Gasteiger charge is -2.02. The van der Waals surface area contributed by atoms with Crippen molar-refractivity contribution in [2.24, 2.45) is 0 Å². The molecule has 0 unspecified atom stereocenters. The number of allylic oxidation sites excluding steroid dienone is 1. The molecule has 74 valence electrons. The van der Waals surface area contributed by atoms with E-state index in [2.05, 4.69) is 15.9 Å². The van der Waals surface area contributed by atoms with Crippen molar-refractivity contribution < 1.29 is 4.79 Å². The van der Waals surface area contributed by atoms with Crippen molar-refractivity contribution in [3.63, 3.8) is 0 Å². The van der Waals surface area contributed by atoms with E-state index < -0.39 is 0 Å². The van der Waals surface area contributed by atoms with Gasteiger partial charge in [-0.15, -0.1) is 0 Å². The van der Waals surface area contributed by atoms with Crippen molar-refractivity contribution in [3.05, 3.63) is 39.9 Å². The monoisotopic (exact) mass is 272 g/mol. The summed E-state index contributed by atoms with van der Waals surface area (Å²) in [4.78, 5) is 10.7. The fourth-order valence-corrected chi connectivity index (χ4v) is 1.64. The number of hydrogen-bond donors (Lipinski definition) is 0. The second kappa shape index (κ2) is 5.32. The molecule has 0 spiro atoms. The Morgan fingerprint density at radius 1 is 1.43 bits per heavy atom. The Morgan fingerprint density at radius 3 is 2.43 bits per heavy atom. The molecule has 0 N–H and O–H groups in total. The summed E-state index contributed by atoms with van der Waals surface area (Å²) < 4.78 is 0.995. The minimum Gasteiger partial charge on any atom is -0.298 e. The van der Waals surface area contributed by atoms with Gasteiger partial charge in [0.15, 0.2) is 0 Å². The molecule has 0 aromatic heterocycles. The average Bonchev–Trinajstić information content (AvgIpc) is 2.20. The van der Waals surface area contributed by atoms with Gasteiger partial charge in [-0.25, -0.2) is 0 Å². The zero-order valence-electron chi connectivity index (χ0n) is 7.76. The third-order valence-electron chi connectivity index (χ3n) is 1.90. The van der Waals surface area contributed by atoms with Gasteiger partial charge >= 0.3 is 0 Å². The molecule has 1 aromatic rings. The second-order valence-corrected chi connectivity index (χ2v) is 4.11. The lowest BCUT2D eigenvalue weighted by atomic mass is 10.1. The summed E-state index contributed by atoms with van der Waals surface area (Å²) in [5.74, 6) is 0. The number of rotatable bonds is 3. The number of benzene rings is 1. The summed E-state index contributed by atoms with van der Waals surface area (Å²) in [5.41, 5.74) is 1.51. The van der Waals surface area contributed by atoms with E-state index in [1.54, 1.807) is 0 Å². The van der Waals surface area contributed by atoms with Crippen LogP contribution in [0, 0.1) is 0 Å². The Morgan fingerprint density at radius 2 is 2.00 bits per heavy atom. The molecule has 0 radical (unpaired) electrons. The molecular formula is C11H10BrClO. The predicted octanol–water partition coefficient (Wildman–Crippen LogP) is 4.01. The largest absolute Gasteiger partial charge is 0.298 e. The smallest absolute Gasteiger partial charge is 0.147 e. The number of carbonyl (C=O) groups is 1. The van der Waals surface area contributed by atoms with Gasteiger partial charge < -0.3 is 0 Å². The van der Waals surface area contributed by atoms with Gasteiger partial charge in [0.05, 0.1) is 5.03 Å². The molecule has 1 nitrogen and oxygen atoms in total. The molecule has 0 fully saturated rings. The number of carbonyl (C=O) groups excluding carboxylic acids is 1. The van der Waals surface area contributed by atoms with Crippen LogP contribution in [-0.4, -0.2) is 6.29 Å². The molecule has 0 heterocycles. The van der Waals surface area contributed by atoms with Gasteiger partial charge in [0.2, 0.25) is 0 Å². The normalized spacial score (nSPS) is 12.2. The SMILES string of the molecule is CC/C(C=O)=C(\Cl)c1ccc(Br)cc1. The van der Waals surface area contributed by atoms with Gasteiger partial charge in [-0.2, -0.15) is 0 Å². The molecule has 0 amide bonds. The molecule has 0 aliphatic rings. The predicted molar refractivity (Wildman–Crippen MR) is 63.3 cm³/mol. The summed E-state index contributed by atoms with van der Waals surface area (Å²) in [6.45, 7) is 1.91. The number of aldehydes is 1. The summed E-state index contributed by atoms with van der Waals surface area (Å²) in [6, 6.07) is 7.56. The molecule has 0 saturated carbocycles. The molecule has 0 aliphatic carbocycles. The Hall–Kier alpha value is -0.600. The summed E-state index contributed by atoms with van der Waals surface area (Å²) in [5, 5.41) is 0.537. The summed E-state index contributed by atoms with van der Waals surface area (Å²) in [6.07, 6.45) is 1.46. The highest BCUT2D eigenvalue weighted by molar-refractivity contribution is 9.10. The molecule has 0 bridgehead atoms. The van der Waals surface area contributed by atoms with Gasteiger partial charge in [0.1, 0.15) is 6.29 Å². The summed E-state index contributed by atoms with van der Waals surface area (Å²) in [7, 11) is 0. The number of halogens is 2. The molecule has 0 aliphatic heterocycles. The van der Waals surface area contributed by atoms with E-state index >= 15 is 0 Å². The van der Waals surface area contributed by atoms with Crippen LogP contribution in [0.5, 0.6) is 0 Å². The Labute approximate surface area is 96.9 Å². The molecular weight excluding hydrogens is 263 g/mol. The lowest BCUT2D eigenvalue weighted by molar-refractivity contribution is -0.104. The topological polar surface area (TPSA) is 17.1 Å². The highest BCUT2D eigenvalue weighted by atomic mass is 79.9. The van der Waals surface area contributed by atoms with Crippen LogP contribution < -0.4 is 0 Å². The maximum absolute atomic E-state index is 10.7. The molecule has 0 atom stereocenters. The van der Waals surface area contributed by atoms with Crippen LogP contribution in [0.4, 0.5) is 0 Å². The minimum atomic E-state index is 0.537. The van der Waals surface area contributed by atoms with Gasteiger partial charge in [-0.3, -0.25) is 4.79 Å². The van der Waals surface area contributed by atoms with Gasteiger partial charge in [-0.05, 0) is 24.1 Å². The second-order valence-electron chi connectivity index (χ2n) is 2.82.